The van der Waals surface area contributed by atoms with Crippen molar-refractivity contribution in [2.45, 2.75) is 51.5 Å². The number of allylic oxidation sites excluding steroid dienone is 2. The molecule has 0 radical (unpaired) electrons. The molecular formula is C30H33N5O. The number of carbonyl (C=O) groups excluding carboxylic acids is 1. The average molecular weight is 480 g/mol. The van der Waals surface area contributed by atoms with Crippen molar-refractivity contribution < 1.29 is 4.79 Å². The van der Waals surface area contributed by atoms with Crippen LogP contribution in [-0.4, -0.2) is 28.3 Å². The van der Waals surface area contributed by atoms with Gasteiger partial charge in [-0.1, -0.05) is 36.8 Å². The quantitative estimate of drug-likeness (QED) is 0.482. The third-order valence-electron chi connectivity index (χ3n) is 7.77. The number of hydrogen-bond donors (Lipinski definition) is 1. The molecule has 3 aromatic rings. The van der Waals surface area contributed by atoms with Crippen molar-refractivity contribution in [1.29, 1.82) is 0 Å². The number of rotatable bonds is 3. The van der Waals surface area contributed by atoms with Gasteiger partial charge in [0.05, 0.1) is 11.4 Å². The molecule has 36 heavy (non-hydrogen) atoms. The van der Waals surface area contributed by atoms with E-state index in [-0.39, 0.29) is 17.4 Å². The van der Waals surface area contributed by atoms with Crippen LogP contribution in [0.5, 0.6) is 0 Å². The molecule has 1 N–H and O–H groups in total. The zero-order valence-electron chi connectivity index (χ0n) is 20.8. The van der Waals surface area contributed by atoms with Gasteiger partial charge in [0.1, 0.15) is 0 Å². The number of aromatic nitrogens is 2. The highest BCUT2D eigenvalue weighted by molar-refractivity contribution is 6.07. The van der Waals surface area contributed by atoms with Gasteiger partial charge in [0.25, 0.3) is 5.91 Å². The molecule has 184 valence electrons. The van der Waals surface area contributed by atoms with E-state index in [4.69, 9.17) is 0 Å². The van der Waals surface area contributed by atoms with Crippen LogP contribution >= 0.6 is 0 Å². The first-order valence-electron chi connectivity index (χ1n) is 13.1. The lowest BCUT2D eigenvalue weighted by molar-refractivity contribution is 0.0985. The largest absolute Gasteiger partial charge is 0.308 e. The Bertz CT molecular complexity index is 1310. The number of hydrazine groups is 1. The maximum atomic E-state index is 14.1. The zero-order valence-corrected chi connectivity index (χ0v) is 20.8. The molecule has 0 saturated heterocycles. The Kier molecular flexibility index (Phi) is 5.97. The number of nitrogens with one attached hydrogen (secondary N) is 1. The standard InChI is InChI=1S/C30H33N5O/c1-23-13-19-35(32-23)27-12-11-24(21-28(27)34-18-8-17-31-34)29(36)33-20-16-30(14-6-2-3-7-15-30)22-25-9-4-5-10-26(25)33/h4-6,8-14,17-19,21,23,32H,2-3,7,15-16,20,22H2,1H3. The number of anilines is 2. The Hall–Kier alpha value is -3.64. The second kappa shape index (κ2) is 9.43. The molecule has 2 atom stereocenters. The molecular weight excluding hydrogens is 446 g/mol. The summed E-state index contributed by atoms with van der Waals surface area (Å²) in [5, 5.41) is 6.47. The fourth-order valence-electron chi connectivity index (χ4n) is 5.85. The monoisotopic (exact) mass is 479 g/mol. The predicted molar refractivity (Wildman–Crippen MR) is 144 cm³/mol. The van der Waals surface area contributed by atoms with Crippen LogP contribution in [0, 0.1) is 5.41 Å². The fourth-order valence-corrected chi connectivity index (χ4v) is 5.85. The molecule has 6 rings (SSSR count). The number of para-hydroxylation sites is 1. The highest BCUT2D eigenvalue weighted by atomic mass is 16.2. The Morgan fingerprint density at radius 3 is 2.81 bits per heavy atom. The van der Waals surface area contributed by atoms with Gasteiger partial charge in [-0.2, -0.15) is 5.10 Å². The lowest BCUT2D eigenvalue weighted by Gasteiger charge is -2.29. The lowest BCUT2D eigenvalue weighted by atomic mass is 9.76. The summed E-state index contributed by atoms with van der Waals surface area (Å²) in [6, 6.07) is 16.5. The molecule has 3 aliphatic rings. The van der Waals surface area contributed by atoms with Gasteiger partial charge in [-0.05, 0) is 86.4 Å². The first-order valence-corrected chi connectivity index (χ1v) is 13.1. The summed E-state index contributed by atoms with van der Waals surface area (Å²) in [5.74, 6) is 0.0374. The Morgan fingerprint density at radius 1 is 1.06 bits per heavy atom. The topological polar surface area (TPSA) is 53.4 Å². The summed E-state index contributed by atoms with van der Waals surface area (Å²) < 4.78 is 1.83. The first-order chi connectivity index (χ1) is 17.6. The van der Waals surface area contributed by atoms with Crippen molar-refractivity contribution in [3.05, 3.63) is 96.5 Å². The second-order valence-corrected chi connectivity index (χ2v) is 10.3. The SMILES string of the molecule is CC1C=CN(c2ccc(C(=O)N3CCC4(C=CCCCC4)Cc4ccccc43)cc2-n2cccn2)N1. The molecule has 2 aromatic carbocycles. The first kappa shape index (κ1) is 22.8. The van der Waals surface area contributed by atoms with E-state index in [9.17, 15) is 4.79 Å². The van der Waals surface area contributed by atoms with Crippen LogP contribution < -0.4 is 15.3 Å². The van der Waals surface area contributed by atoms with Gasteiger partial charge in [-0.3, -0.25) is 9.80 Å². The maximum Gasteiger partial charge on any atom is 0.258 e. The van der Waals surface area contributed by atoms with Gasteiger partial charge in [-0.15, -0.1) is 0 Å². The van der Waals surface area contributed by atoms with Crippen LogP contribution in [0.3, 0.4) is 0 Å². The summed E-state index contributed by atoms with van der Waals surface area (Å²) >= 11 is 0. The number of amides is 1. The molecule has 1 aromatic heterocycles. The molecule has 1 amide bonds. The summed E-state index contributed by atoms with van der Waals surface area (Å²) in [5.41, 5.74) is 8.35. The smallest absolute Gasteiger partial charge is 0.258 e. The minimum Gasteiger partial charge on any atom is -0.308 e. The van der Waals surface area contributed by atoms with Gasteiger partial charge < -0.3 is 4.90 Å². The molecule has 0 fully saturated rings. The molecule has 2 unspecified atom stereocenters. The van der Waals surface area contributed by atoms with E-state index in [1.807, 2.05) is 57.3 Å². The fraction of sp³-hybridized carbons (Fsp3) is 0.333. The Balaban J connectivity index is 1.37. The third kappa shape index (κ3) is 4.26. The number of fused-ring (bicyclic) bond motifs is 1. The van der Waals surface area contributed by atoms with Crippen molar-refractivity contribution >= 4 is 17.3 Å². The minimum absolute atomic E-state index is 0.0374. The Morgan fingerprint density at radius 2 is 1.97 bits per heavy atom. The molecule has 6 nitrogen and oxygen atoms in total. The van der Waals surface area contributed by atoms with Crippen molar-refractivity contribution in [1.82, 2.24) is 15.2 Å². The van der Waals surface area contributed by atoms with Crippen LogP contribution in [-0.2, 0) is 6.42 Å². The third-order valence-corrected chi connectivity index (χ3v) is 7.77. The molecule has 3 heterocycles. The van der Waals surface area contributed by atoms with E-state index < -0.39 is 0 Å². The number of nitrogens with zero attached hydrogens (tertiary/aromatic N) is 4. The van der Waals surface area contributed by atoms with Gasteiger partial charge >= 0.3 is 0 Å². The van der Waals surface area contributed by atoms with E-state index in [1.54, 1.807) is 6.20 Å². The molecule has 6 heteroatoms. The van der Waals surface area contributed by atoms with Gasteiger partial charge in [0.15, 0.2) is 0 Å². The summed E-state index contributed by atoms with van der Waals surface area (Å²) in [7, 11) is 0. The number of benzene rings is 2. The van der Waals surface area contributed by atoms with Crippen LogP contribution in [0.15, 0.2) is 85.4 Å². The van der Waals surface area contributed by atoms with Crippen LogP contribution in [0.2, 0.25) is 0 Å². The van der Waals surface area contributed by atoms with Gasteiger partial charge in [-0.25, -0.2) is 10.1 Å². The lowest BCUT2D eigenvalue weighted by Crippen LogP contribution is -2.35. The Labute approximate surface area is 212 Å². The van der Waals surface area contributed by atoms with Crippen molar-refractivity contribution in [2.24, 2.45) is 5.41 Å². The minimum atomic E-state index is 0.0374. The normalized spacial score (nSPS) is 23.5. The molecule has 1 spiro atoms. The van der Waals surface area contributed by atoms with Crippen molar-refractivity contribution in [2.75, 3.05) is 16.5 Å². The summed E-state index contributed by atoms with van der Waals surface area (Å²) in [6.45, 7) is 2.82. The van der Waals surface area contributed by atoms with Crippen LogP contribution in [0.25, 0.3) is 5.69 Å². The number of carbonyl (C=O) groups is 1. The van der Waals surface area contributed by atoms with E-state index >= 15 is 0 Å². The van der Waals surface area contributed by atoms with E-state index in [1.165, 1.54) is 24.8 Å². The predicted octanol–water partition coefficient (Wildman–Crippen LogP) is 5.81. The highest BCUT2D eigenvalue weighted by Gasteiger charge is 2.35. The second-order valence-electron chi connectivity index (χ2n) is 10.3. The highest BCUT2D eigenvalue weighted by Crippen LogP contribution is 2.42. The van der Waals surface area contributed by atoms with Crippen molar-refractivity contribution in [3.63, 3.8) is 0 Å². The number of hydrogen-bond acceptors (Lipinski definition) is 4. The van der Waals surface area contributed by atoms with E-state index in [0.29, 0.717) is 12.1 Å². The molecule has 1 aliphatic carbocycles. The maximum absolute atomic E-state index is 14.1. The van der Waals surface area contributed by atoms with Gasteiger partial charge in [0.2, 0.25) is 0 Å². The summed E-state index contributed by atoms with van der Waals surface area (Å²) in [4.78, 5) is 16.1. The summed E-state index contributed by atoms with van der Waals surface area (Å²) in [6.07, 6.45) is 19.5. The van der Waals surface area contributed by atoms with Crippen molar-refractivity contribution in [3.8, 4) is 5.69 Å². The molecule has 2 aliphatic heterocycles. The van der Waals surface area contributed by atoms with Crippen LogP contribution in [0.1, 0.15) is 54.9 Å². The van der Waals surface area contributed by atoms with Crippen LogP contribution in [0.4, 0.5) is 11.4 Å². The van der Waals surface area contributed by atoms with E-state index in [2.05, 4.69) is 53.9 Å². The zero-order chi connectivity index (χ0) is 24.5. The van der Waals surface area contributed by atoms with Gasteiger partial charge in [0, 0.05) is 42.4 Å². The molecule has 0 bridgehead atoms. The van der Waals surface area contributed by atoms with E-state index in [0.717, 1.165) is 36.3 Å². The average Bonchev–Trinajstić information content (AvgIpc) is 3.49. The molecule has 0 saturated carbocycles.